The van der Waals surface area contributed by atoms with Gasteiger partial charge >= 0.3 is 0 Å². The van der Waals surface area contributed by atoms with Crippen LogP contribution in [0.5, 0.6) is 5.75 Å². The van der Waals surface area contributed by atoms with Gasteiger partial charge in [0.2, 0.25) is 5.91 Å². The Balaban J connectivity index is 1.42. The summed E-state index contributed by atoms with van der Waals surface area (Å²) in [5, 5.41) is 3.21. The molecular weight excluding hydrogens is 410 g/mol. The van der Waals surface area contributed by atoms with Gasteiger partial charge in [0.1, 0.15) is 5.75 Å². The first-order valence-electron chi connectivity index (χ1n) is 11.7. The van der Waals surface area contributed by atoms with Crippen molar-refractivity contribution in [3.05, 3.63) is 89.5 Å². The Labute approximate surface area is 196 Å². The van der Waals surface area contributed by atoms with Crippen molar-refractivity contribution in [2.75, 3.05) is 36.5 Å². The molecule has 0 saturated carbocycles. The lowest BCUT2D eigenvalue weighted by Crippen LogP contribution is -2.61. The predicted molar refractivity (Wildman–Crippen MR) is 133 cm³/mol. The average Bonchev–Trinajstić information content (AvgIpc) is 2.87. The summed E-state index contributed by atoms with van der Waals surface area (Å²) in [5.74, 6) is 0.879. The molecular formula is C28H31N3O2. The number of benzene rings is 3. The molecule has 33 heavy (non-hydrogen) atoms. The Hall–Kier alpha value is -3.47. The summed E-state index contributed by atoms with van der Waals surface area (Å²) in [5.41, 5.74) is 6.02. The van der Waals surface area contributed by atoms with Gasteiger partial charge in [0.15, 0.2) is 0 Å². The normalized spacial score (nSPS) is 19.5. The molecule has 3 aromatic carbocycles. The number of amides is 1. The van der Waals surface area contributed by atoms with E-state index in [9.17, 15) is 4.79 Å². The number of hydrogen-bond acceptors (Lipinski definition) is 4. The fourth-order valence-electron chi connectivity index (χ4n) is 5.11. The highest BCUT2D eigenvalue weighted by molar-refractivity contribution is 5.82. The lowest BCUT2D eigenvalue weighted by Gasteiger charge is -2.49. The highest BCUT2D eigenvalue weighted by Gasteiger charge is 2.41. The van der Waals surface area contributed by atoms with Crippen molar-refractivity contribution in [3.8, 4) is 5.75 Å². The van der Waals surface area contributed by atoms with Gasteiger partial charge in [0.05, 0.1) is 19.1 Å². The van der Waals surface area contributed by atoms with Crippen molar-refractivity contribution in [2.24, 2.45) is 5.92 Å². The average molecular weight is 442 g/mol. The van der Waals surface area contributed by atoms with E-state index in [2.05, 4.69) is 70.6 Å². The molecule has 2 atom stereocenters. The van der Waals surface area contributed by atoms with Gasteiger partial charge in [-0.2, -0.15) is 0 Å². The van der Waals surface area contributed by atoms with Gasteiger partial charge in [-0.05, 0) is 42.7 Å². The molecule has 2 aliphatic rings. The molecule has 0 bridgehead atoms. The number of aryl methyl sites for hydroxylation is 1. The number of ether oxygens (including phenoxy) is 1. The molecule has 5 heteroatoms. The summed E-state index contributed by atoms with van der Waals surface area (Å²) in [6, 6.07) is 25.2. The van der Waals surface area contributed by atoms with Crippen molar-refractivity contribution < 1.29 is 9.53 Å². The molecule has 0 aromatic heterocycles. The fourth-order valence-corrected chi connectivity index (χ4v) is 5.11. The summed E-state index contributed by atoms with van der Waals surface area (Å²) in [4.78, 5) is 18.3. The summed E-state index contributed by atoms with van der Waals surface area (Å²) >= 11 is 0. The minimum atomic E-state index is -0.108. The van der Waals surface area contributed by atoms with Crippen LogP contribution in [0.2, 0.25) is 0 Å². The second kappa shape index (κ2) is 9.18. The molecule has 2 heterocycles. The van der Waals surface area contributed by atoms with E-state index >= 15 is 0 Å². The van der Waals surface area contributed by atoms with Gasteiger partial charge in [-0.3, -0.25) is 4.79 Å². The Kier molecular flexibility index (Phi) is 5.95. The molecule has 1 saturated heterocycles. The zero-order valence-electron chi connectivity index (χ0n) is 19.3. The number of hydrogen-bond donors (Lipinski definition) is 1. The fraction of sp³-hybridized carbons (Fsp3) is 0.321. The van der Waals surface area contributed by atoms with Crippen LogP contribution in [-0.4, -0.2) is 38.7 Å². The predicted octanol–water partition coefficient (Wildman–Crippen LogP) is 4.19. The molecule has 3 aromatic rings. The third-order valence-corrected chi connectivity index (χ3v) is 6.97. The van der Waals surface area contributed by atoms with Crippen LogP contribution in [0.25, 0.3) is 0 Å². The van der Waals surface area contributed by atoms with Gasteiger partial charge in [0.25, 0.3) is 0 Å². The molecule has 170 valence electrons. The van der Waals surface area contributed by atoms with Gasteiger partial charge in [-0.1, -0.05) is 54.1 Å². The quantitative estimate of drug-likeness (QED) is 0.645. The molecule has 1 fully saturated rings. The minimum absolute atomic E-state index is 0.107. The summed E-state index contributed by atoms with van der Waals surface area (Å²) in [6.45, 7) is 5.29. The Morgan fingerprint density at radius 2 is 1.82 bits per heavy atom. The molecule has 5 nitrogen and oxygen atoms in total. The Bertz CT molecular complexity index is 1110. The second-order valence-electron chi connectivity index (χ2n) is 9.05. The minimum Gasteiger partial charge on any atom is -0.497 e. The van der Waals surface area contributed by atoms with E-state index in [1.807, 2.05) is 24.3 Å². The standard InChI is InChI=1S/C28H31N3O2/c1-20-8-11-23(12-9-20)30-14-15-31-26-17-24(33-2)13-10-22(26)16-25(27(31)19-30)28(32)29-18-21-6-4-3-5-7-21/h3-13,17,25,27H,14-16,18-19H2,1-2H3,(H,29,32)/t25-,27+/m1/s1. The van der Waals surface area contributed by atoms with Gasteiger partial charge in [-0.15, -0.1) is 0 Å². The maximum absolute atomic E-state index is 13.5. The summed E-state index contributed by atoms with van der Waals surface area (Å²) in [7, 11) is 1.71. The number of methoxy groups -OCH3 is 1. The van der Waals surface area contributed by atoms with Crippen LogP contribution in [0, 0.1) is 12.8 Å². The van der Waals surface area contributed by atoms with E-state index in [-0.39, 0.29) is 17.9 Å². The second-order valence-corrected chi connectivity index (χ2v) is 9.05. The van der Waals surface area contributed by atoms with Crippen LogP contribution in [0.4, 0.5) is 11.4 Å². The Morgan fingerprint density at radius 1 is 1.03 bits per heavy atom. The first kappa shape index (κ1) is 21.4. The van der Waals surface area contributed by atoms with Gasteiger partial charge in [0, 0.05) is 43.6 Å². The van der Waals surface area contributed by atoms with E-state index in [4.69, 9.17) is 4.74 Å². The molecule has 0 radical (unpaired) electrons. The topological polar surface area (TPSA) is 44.8 Å². The van der Waals surface area contributed by atoms with Crippen LogP contribution >= 0.6 is 0 Å². The van der Waals surface area contributed by atoms with Crippen molar-refractivity contribution in [1.82, 2.24) is 5.32 Å². The molecule has 2 aliphatic heterocycles. The number of fused-ring (bicyclic) bond motifs is 3. The third kappa shape index (κ3) is 4.40. The van der Waals surface area contributed by atoms with Crippen LogP contribution in [0.15, 0.2) is 72.8 Å². The van der Waals surface area contributed by atoms with E-state index < -0.39 is 0 Å². The molecule has 0 unspecified atom stereocenters. The van der Waals surface area contributed by atoms with Gasteiger partial charge in [-0.25, -0.2) is 0 Å². The van der Waals surface area contributed by atoms with Crippen molar-refractivity contribution in [3.63, 3.8) is 0 Å². The van der Waals surface area contributed by atoms with Gasteiger partial charge < -0.3 is 19.9 Å². The van der Waals surface area contributed by atoms with Crippen LogP contribution < -0.4 is 19.9 Å². The zero-order chi connectivity index (χ0) is 22.8. The summed E-state index contributed by atoms with van der Waals surface area (Å²) in [6.07, 6.45) is 0.739. The monoisotopic (exact) mass is 441 g/mol. The number of piperazine rings is 1. The first-order chi connectivity index (χ1) is 16.1. The highest BCUT2D eigenvalue weighted by Crippen LogP contribution is 2.39. The maximum Gasteiger partial charge on any atom is 0.225 e. The SMILES string of the molecule is COc1ccc2c(c1)N1CCN(c3ccc(C)cc3)C[C@H]1[C@H](C(=O)NCc1ccccc1)C2. The van der Waals surface area contributed by atoms with E-state index in [1.165, 1.54) is 22.5 Å². The number of carbonyl (C=O) groups is 1. The maximum atomic E-state index is 13.5. The molecule has 5 rings (SSSR count). The third-order valence-electron chi connectivity index (χ3n) is 6.97. The number of anilines is 2. The van der Waals surface area contributed by atoms with Crippen LogP contribution in [-0.2, 0) is 17.8 Å². The number of carbonyl (C=O) groups excluding carboxylic acids is 1. The van der Waals surface area contributed by atoms with E-state index in [1.54, 1.807) is 7.11 Å². The number of rotatable bonds is 5. The largest absolute Gasteiger partial charge is 0.497 e. The van der Waals surface area contributed by atoms with Crippen molar-refractivity contribution in [1.29, 1.82) is 0 Å². The highest BCUT2D eigenvalue weighted by atomic mass is 16.5. The first-order valence-corrected chi connectivity index (χ1v) is 11.7. The van der Waals surface area contributed by atoms with E-state index in [0.29, 0.717) is 6.54 Å². The number of nitrogens with zero attached hydrogens (tertiary/aromatic N) is 2. The summed E-state index contributed by atoms with van der Waals surface area (Å²) < 4.78 is 5.51. The lowest BCUT2D eigenvalue weighted by atomic mass is 9.83. The lowest BCUT2D eigenvalue weighted by molar-refractivity contribution is -0.126. The van der Waals surface area contributed by atoms with E-state index in [0.717, 1.165) is 37.4 Å². The van der Waals surface area contributed by atoms with Crippen LogP contribution in [0.3, 0.4) is 0 Å². The molecule has 1 N–H and O–H groups in total. The zero-order valence-corrected chi connectivity index (χ0v) is 19.3. The van der Waals surface area contributed by atoms with Crippen molar-refractivity contribution in [2.45, 2.75) is 25.9 Å². The number of nitrogens with one attached hydrogen (secondary N) is 1. The smallest absolute Gasteiger partial charge is 0.225 e. The molecule has 0 spiro atoms. The van der Waals surface area contributed by atoms with Crippen molar-refractivity contribution >= 4 is 17.3 Å². The molecule has 0 aliphatic carbocycles. The molecule has 1 amide bonds. The van der Waals surface area contributed by atoms with Crippen LogP contribution in [0.1, 0.15) is 16.7 Å². The Morgan fingerprint density at radius 3 is 2.58 bits per heavy atom.